The maximum Gasteiger partial charge on any atom is 0.264 e. The molecule has 0 radical (unpaired) electrons. The zero-order valence-corrected chi connectivity index (χ0v) is 25.4. The average Bonchev–Trinajstić information content (AvgIpc) is 2.96. The maximum absolute atomic E-state index is 14.1. The van der Waals surface area contributed by atoms with Crippen molar-refractivity contribution in [2.45, 2.75) is 58.5 Å². The van der Waals surface area contributed by atoms with Gasteiger partial charge in [-0.2, -0.15) is 0 Å². The van der Waals surface area contributed by atoms with E-state index in [1.807, 2.05) is 58.9 Å². The van der Waals surface area contributed by atoms with Crippen molar-refractivity contribution in [3.63, 3.8) is 0 Å². The van der Waals surface area contributed by atoms with Gasteiger partial charge >= 0.3 is 0 Å². The van der Waals surface area contributed by atoms with Gasteiger partial charge in [-0.15, -0.1) is 0 Å². The van der Waals surface area contributed by atoms with Crippen LogP contribution in [-0.2, 0) is 26.2 Å². The van der Waals surface area contributed by atoms with Crippen LogP contribution in [0.25, 0.3) is 0 Å². The number of ether oxygens (including phenoxy) is 1. The highest BCUT2D eigenvalue weighted by atomic mass is 32.2. The highest BCUT2D eigenvalue weighted by Crippen LogP contribution is 2.27. The molecule has 220 valence electrons. The molecule has 0 heterocycles. The minimum Gasteiger partial charge on any atom is -0.494 e. The Labute approximate surface area is 244 Å². The quantitative estimate of drug-likeness (QED) is 0.284. The molecule has 0 saturated heterocycles. The molecular formula is C32H41N3O5S. The zero-order valence-electron chi connectivity index (χ0n) is 24.5. The zero-order chi connectivity index (χ0) is 30.0. The number of carbonyl (C=O) groups is 2. The lowest BCUT2D eigenvalue weighted by Gasteiger charge is -2.33. The van der Waals surface area contributed by atoms with Crippen LogP contribution >= 0.6 is 0 Å². The Balaban J connectivity index is 2.04. The Morgan fingerprint density at radius 3 is 2.12 bits per heavy atom. The summed E-state index contributed by atoms with van der Waals surface area (Å²) in [6.45, 7) is 10.3. The van der Waals surface area contributed by atoms with Gasteiger partial charge in [0.2, 0.25) is 11.8 Å². The van der Waals surface area contributed by atoms with E-state index in [4.69, 9.17) is 4.74 Å². The summed E-state index contributed by atoms with van der Waals surface area (Å²) < 4.78 is 34.5. The highest BCUT2D eigenvalue weighted by molar-refractivity contribution is 7.92. The molecule has 0 aliphatic carbocycles. The number of nitrogens with zero attached hydrogens (tertiary/aromatic N) is 2. The van der Waals surface area contributed by atoms with Crippen LogP contribution in [0, 0.1) is 12.8 Å². The van der Waals surface area contributed by atoms with E-state index in [1.165, 1.54) is 17.0 Å². The third-order valence-electron chi connectivity index (χ3n) is 6.72. The smallest absolute Gasteiger partial charge is 0.264 e. The van der Waals surface area contributed by atoms with E-state index in [2.05, 4.69) is 5.32 Å². The van der Waals surface area contributed by atoms with Gasteiger partial charge < -0.3 is 15.0 Å². The molecule has 0 bridgehead atoms. The minimum absolute atomic E-state index is 0.0638. The van der Waals surface area contributed by atoms with Crippen LogP contribution in [0.3, 0.4) is 0 Å². The van der Waals surface area contributed by atoms with Crippen molar-refractivity contribution in [2.75, 3.05) is 24.0 Å². The van der Waals surface area contributed by atoms with E-state index in [9.17, 15) is 18.0 Å². The molecule has 0 aromatic heterocycles. The largest absolute Gasteiger partial charge is 0.494 e. The third kappa shape index (κ3) is 8.33. The van der Waals surface area contributed by atoms with Crippen molar-refractivity contribution in [2.24, 2.45) is 5.92 Å². The molecule has 9 heteroatoms. The Bertz CT molecular complexity index is 1390. The van der Waals surface area contributed by atoms with E-state index < -0.39 is 28.5 Å². The molecule has 0 aliphatic rings. The summed E-state index contributed by atoms with van der Waals surface area (Å²) in [4.78, 5) is 29.0. The highest BCUT2D eigenvalue weighted by Gasteiger charge is 2.33. The summed E-state index contributed by atoms with van der Waals surface area (Å²) in [6.07, 6.45) is 0.371. The van der Waals surface area contributed by atoms with E-state index in [0.29, 0.717) is 31.0 Å². The van der Waals surface area contributed by atoms with Crippen LogP contribution in [0.4, 0.5) is 5.69 Å². The van der Waals surface area contributed by atoms with E-state index in [1.54, 1.807) is 42.5 Å². The van der Waals surface area contributed by atoms with Gasteiger partial charge in [0, 0.05) is 13.1 Å². The number of benzene rings is 3. The Hall–Kier alpha value is -3.85. The minimum atomic E-state index is -4.12. The summed E-state index contributed by atoms with van der Waals surface area (Å²) in [5, 5.41) is 2.95. The average molecular weight is 580 g/mol. The standard InChI is InChI=1S/C32H41N3O5S/c1-6-30(32(37)33-21-24(3)4)34(22-26-14-12-11-13-25(26)5)31(36)23-35(27-17-19-28(20-18-27)40-7-2)41(38,39)29-15-9-8-10-16-29/h8-20,24,30H,6-7,21-23H2,1-5H3,(H,33,37)/t30-/m1/s1. The normalized spacial score (nSPS) is 12.0. The lowest BCUT2D eigenvalue weighted by Crippen LogP contribution is -2.52. The molecule has 0 spiro atoms. The van der Waals surface area contributed by atoms with Crippen LogP contribution < -0.4 is 14.4 Å². The first-order chi connectivity index (χ1) is 19.6. The molecular weight excluding hydrogens is 538 g/mol. The maximum atomic E-state index is 14.1. The van der Waals surface area contributed by atoms with Gasteiger partial charge in [-0.3, -0.25) is 13.9 Å². The number of anilines is 1. The number of nitrogens with one attached hydrogen (secondary N) is 1. The predicted octanol–water partition coefficient (Wildman–Crippen LogP) is 5.17. The SMILES string of the molecule is CCOc1ccc(N(CC(=O)N(Cc2ccccc2C)[C@H](CC)C(=O)NCC(C)C)S(=O)(=O)c2ccccc2)cc1. The van der Waals surface area contributed by atoms with Gasteiger partial charge in [-0.1, -0.05) is 63.2 Å². The number of amides is 2. The van der Waals surface area contributed by atoms with Crippen LogP contribution in [0.1, 0.15) is 45.2 Å². The molecule has 3 aromatic carbocycles. The Kier molecular flexibility index (Phi) is 11.3. The fraction of sp³-hybridized carbons (Fsp3) is 0.375. The number of carbonyl (C=O) groups excluding carboxylic acids is 2. The first-order valence-corrected chi connectivity index (χ1v) is 15.4. The van der Waals surface area contributed by atoms with Gasteiger partial charge in [-0.05, 0) is 73.7 Å². The van der Waals surface area contributed by atoms with Gasteiger partial charge in [0.05, 0.1) is 17.2 Å². The molecule has 0 fully saturated rings. The van der Waals surface area contributed by atoms with Crippen LogP contribution in [0.2, 0.25) is 0 Å². The summed E-state index contributed by atoms with van der Waals surface area (Å²) in [6, 6.07) is 21.5. The third-order valence-corrected chi connectivity index (χ3v) is 8.51. The molecule has 0 aliphatic heterocycles. The molecule has 8 nitrogen and oxygen atoms in total. The van der Waals surface area contributed by atoms with Gasteiger partial charge in [0.25, 0.3) is 10.0 Å². The molecule has 1 atom stereocenters. The lowest BCUT2D eigenvalue weighted by atomic mass is 10.1. The molecule has 1 N–H and O–H groups in total. The summed E-state index contributed by atoms with van der Waals surface area (Å²) in [5.74, 6) is 0.0895. The van der Waals surface area contributed by atoms with Crippen molar-refractivity contribution in [1.29, 1.82) is 0 Å². The van der Waals surface area contributed by atoms with Gasteiger partial charge in [0.1, 0.15) is 18.3 Å². The monoisotopic (exact) mass is 579 g/mol. The number of sulfonamides is 1. The van der Waals surface area contributed by atoms with Crippen LogP contribution in [0.5, 0.6) is 5.75 Å². The molecule has 0 unspecified atom stereocenters. The Morgan fingerprint density at radius 1 is 0.902 bits per heavy atom. The second-order valence-corrected chi connectivity index (χ2v) is 12.1. The van der Waals surface area contributed by atoms with Crippen molar-refractivity contribution >= 4 is 27.5 Å². The second-order valence-electron chi connectivity index (χ2n) is 10.3. The fourth-order valence-electron chi connectivity index (χ4n) is 4.44. The van der Waals surface area contributed by atoms with Crippen molar-refractivity contribution in [3.8, 4) is 5.75 Å². The summed E-state index contributed by atoms with van der Waals surface area (Å²) in [5.41, 5.74) is 2.18. The lowest BCUT2D eigenvalue weighted by molar-refractivity contribution is -0.140. The van der Waals surface area contributed by atoms with E-state index in [-0.39, 0.29) is 23.3 Å². The van der Waals surface area contributed by atoms with Crippen molar-refractivity contribution in [3.05, 3.63) is 90.0 Å². The first kappa shape index (κ1) is 31.7. The number of hydrogen-bond acceptors (Lipinski definition) is 5. The number of rotatable bonds is 14. The van der Waals surface area contributed by atoms with Gasteiger partial charge in [-0.25, -0.2) is 8.42 Å². The summed E-state index contributed by atoms with van der Waals surface area (Å²) >= 11 is 0. The topological polar surface area (TPSA) is 96.0 Å². The molecule has 2 amide bonds. The van der Waals surface area contributed by atoms with E-state index >= 15 is 0 Å². The molecule has 0 saturated carbocycles. The second kappa shape index (κ2) is 14.7. The number of hydrogen-bond donors (Lipinski definition) is 1. The van der Waals surface area contributed by atoms with Crippen LogP contribution in [-0.4, -0.2) is 50.9 Å². The summed E-state index contributed by atoms with van der Waals surface area (Å²) in [7, 11) is -4.12. The first-order valence-electron chi connectivity index (χ1n) is 14.0. The van der Waals surface area contributed by atoms with Crippen LogP contribution in [0.15, 0.2) is 83.8 Å². The predicted molar refractivity (Wildman–Crippen MR) is 162 cm³/mol. The van der Waals surface area contributed by atoms with E-state index in [0.717, 1.165) is 15.4 Å². The Morgan fingerprint density at radius 2 is 1.54 bits per heavy atom. The molecule has 3 rings (SSSR count). The fourth-order valence-corrected chi connectivity index (χ4v) is 5.87. The molecule has 41 heavy (non-hydrogen) atoms. The number of aryl methyl sites for hydroxylation is 1. The van der Waals surface area contributed by atoms with Crippen molar-refractivity contribution in [1.82, 2.24) is 10.2 Å². The molecule has 3 aromatic rings. The van der Waals surface area contributed by atoms with Crippen molar-refractivity contribution < 1.29 is 22.7 Å². The van der Waals surface area contributed by atoms with Gasteiger partial charge in [0.15, 0.2) is 0 Å².